The van der Waals surface area contributed by atoms with E-state index in [9.17, 15) is 9.59 Å². The van der Waals surface area contributed by atoms with Crippen LogP contribution in [0.1, 0.15) is 59.8 Å². The molecular weight excluding hydrogens is 444 g/mol. The van der Waals surface area contributed by atoms with Crippen LogP contribution in [0.5, 0.6) is 0 Å². The fraction of sp³-hybridized carbons (Fsp3) is 0.348. The lowest BCUT2D eigenvalue weighted by Gasteiger charge is -2.14. The first-order valence-corrected chi connectivity index (χ1v) is 11.5. The van der Waals surface area contributed by atoms with E-state index >= 15 is 0 Å². The van der Waals surface area contributed by atoms with E-state index < -0.39 is 5.97 Å². The average Bonchev–Trinajstić information content (AvgIpc) is 3.51. The third-order valence-corrected chi connectivity index (χ3v) is 6.18. The van der Waals surface area contributed by atoms with E-state index in [0.717, 1.165) is 19.3 Å². The van der Waals surface area contributed by atoms with E-state index in [4.69, 9.17) is 18.7 Å². The van der Waals surface area contributed by atoms with Gasteiger partial charge in [0.2, 0.25) is 5.89 Å². The number of carbonyl (C=O) groups excluding carboxylic acids is 1. The Balaban J connectivity index is 1.73. The largest absolute Gasteiger partial charge is 0.467 e. The molecule has 1 unspecified atom stereocenters. The summed E-state index contributed by atoms with van der Waals surface area (Å²) in [7, 11) is 1.31. The van der Waals surface area contributed by atoms with E-state index in [0.29, 0.717) is 39.1 Å². The van der Waals surface area contributed by atoms with Gasteiger partial charge in [-0.3, -0.25) is 9.36 Å². The van der Waals surface area contributed by atoms with Crippen molar-refractivity contribution in [3.8, 4) is 0 Å². The number of rotatable bonds is 9. The summed E-state index contributed by atoms with van der Waals surface area (Å²) < 4.78 is 17.3. The minimum atomic E-state index is -0.494. The van der Waals surface area contributed by atoms with Gasteiger partial charge < -0.3 is 13.7 Å². The molecule has 33 heavy (non-hydrogen) atoms. The second kappa shape index (κ2) is 10.0. The van der Waals surface area contributed by atoms with Gasteiger partial charge in [0.15, 0.2) is 11.0 Å². The fourth-order valence-corrected chi connectivity index (χ4v) is 4.25. The van der Waals surface area contributed by atoms with Crippen LogP contribution in [-0.2, 0) is 17.7 Å². The lowest BCUT2D eigenvalue weighted by atomic mass is 10.1. The zero-order valence-electron chi connectivity index (χ0n) is 18.6. The van der Waals surface area contributed by atoms with Gasteiger partial charge in [-0.15, -0.1) is 0 Å². The van der Waals surface area contributed by atoms with Crippen molar-refractivity contribution in [1.29, 1.82) is 0 Å². The molecule has 0 saturated carbocycles. The van der Waals surface area contributed by atoms with Gasteiger partial charge in [0.05, 0.1) is 41.6 Å². The molecule has 0 aliphatic carbocycles. The molecule has 0 radical (unpaired) electrons. The highest BCUT2D eigenvalue weighted by Gasteiger charge is 2.21. The molecule has 1 aromatic carbocycles. The summed E-state index contributed by atoms with van der Waals surface area (Å²) >= 11 is 1.33. The van der Waals surface area contributed by atoms with E-state index in [1.165, 1.54) is 18.9 Å². The van der Waals surface area contributed by atoms with Crippen LogP contribution in [0.15, 0.2) is 55.5 Å². The maximum absolute atomic E-state index is 13.4. The summed E-state index contributed by atoms with van der Waals surface area (Å²) in [5.41, 5.74) is 0.487. The molecule has 4 aromatic rings. The lowest BCUT2D eigenvalue weighted by Crippen LogP contribution is -2.24. The summed E-state index contributed by atoms with van der Waals surface area (Å²) in [6.45, 7) is 4.24. The molecule has 0 spiro atoms. The van der Waals surface area contributed by atoms with Gasteiger partial charge >= 0.3 is 5.97 Å². The van der Waals surface area contributed by atoms with Gasteiger partial charge in [0.25, 0.3) is 5.56 Å². The van der Waals surface area contributed by atoms with Crippen molar-refractivity contribution in [3.05, 3.63) is 70.0 Å². The van der Waals surface area contributed by atoms with Gasteiger partial charge in [0, 0.05) is 6.42 Å². The van der Waals surface area contributed by atoms with E-state index in [-0.39, 0.29) is 17.4 Å². The second-order valence-electron chi connectivity index (χ2n) is 7.50. The number of fused-ring (bicyclic) bond motifs is 1. The molecule has 9 nitrogen and oxygen atoms in total. The number of aromatic nitrogens is 4. The van der Waals surface area contributed by atoms with Crippen molar-refractivity contribution in [2.24, 2.45) is 0 Å². The number of esters is 1. The van der Waals surface area contributed by atoms with E-state index in [1.807, 2.05) is 6.92 Å². The number of thioether (sulfide) groups is 1. The first-order chi connectivity index (χ1) is 16.0. The Morgan fingerprint density at radius 1 is 1.27 bits per heavy atom. The Morgan fingerprint density at radius 3 is 2.85 bits per heavy atom. The molecule has 0 fully saturated rings. The Labute approximate surface area is 194 Å². The van der Waals surface area contributed by atoms with Crippen molar-refractivity contribution in [2.75, 3.05) is 7.11 Å². The number of nitrogens with zero attached hydrogens (tertiary/aromatic N) is 4. The van der Waals surface area contributed by atoms with Crippen LogP contribution in [0.2, 0.25) is 0 Å². The van der Waals surface area contributed by atoms with Crippen molar-refractivity contribution >= 4 is 28.6 Å². The zero-order chi connectivity index (χ0) is 23.4. The quantitative estimate of drug-likeness (QED) is 0.200. The predicted octanol–water partition coefficient (Wildman–Crippen LogP) is 4.40. The first kappa shape index (κ1) is 22.8. The molecule has 0 N–H and O–H groups in total. The number of hydrogen-bond acceptors (Lipinski definition) is 9. The fourth-order valence-electron chi connectivity index (χ4n) is 3.31. The molecular formula is C23H24N4O5S. The Bertz CT molecular complexity index is 1310. The van der Waals surface area contributed by atoms with Crippen LogP contribution in [0.4, 0.5) is 0 Å². The molecule has 4 rings (SSSR count). The molecule has 0 aliphatic heterocycles. The Morgan fingerprint density at radius 2 is 2.12 bits per heavy atom. The van der Waals surface area contributed by atoms with Crippen LogP contribution in [0, 0.1) is 0 Å². The number of hydrogen-bond donors (Lipinski definition) is 0. The monoisotopic (exact) mass is 468 g/mol. The van der Waals surface area contributed by atoms with Crippen molar-refractivity contribution < 1.29 is 18.5 Å². The van der Waals surface area contributed by atoms with Crippen LogP contribution >= 0.6 is 11.8 Å². The normalized spacial score (nSPS) is 12.2. The molecule has 0 bridgehead atoms. The standard InChI is InChI=1S/C23H24N4O5S/c1-4-5-8-19-25-20(32-26-19)14(2)33-23-24-18-12-15(22(29)30-3)9-10-17(18)21(28)27(23)13-16-7-6-11-31-16/h6-7,9-12,14H,4-5,8,13H2,1-3H3. The minimum Gasteiger partial charge on any atom is -0.467 e. The minimum absolute atomic E-state index is 0.216. The predicted molar refractivity (Wildman–Crippen MR) is 122 cm³/mol. The third-order valence-electron chi connectivity index (χ3n) is 5.10. The van der Waals surface area contributed by atoms with Crippen molar-refractivity contribution in [2.45, 2.75) is 50.1 Å². The topological polar surface area (TPSA) is 113 Å². The summed E-state index contributed by atoms with van der Waals surface area (Å²) in [6, 6.07) is 8.27. The average molecular weight is 469 g/mol. The summed E-state index contributed by atoms with van der Waals surface area (Å²) in [6.07, 6.45) is 4.34. The number of unbranched alkanes of at least 4 members (excludes halogenated alkanes) is 1. The van der Waals surface area contributed by atoms with Gasteiger partial charge in [0.1, 0.15) is 5.76 Å². The summed E-state index contributed by atoms with van der Waals surface area (Å²) in [5, 5.41) is 4.65. The highest BCUT2D eigenvalue weighted by molar-refractivity contribution is 7.99. The maximum Gasteiger partial charge on any atom is 0.337 e. The molecule has 1 atom stereocenters. The molecule has 3 aromatic heterocycles. The SMILES string of the molecule is CCCCc1noc(C(C)Sc2nc3cc(C(=O)OC)ccc3c(=O)n2Cc2ccco2)n1. The number of carbonyl (C=O) groups is 1. The molecule has 10 heteroatoms. The highest BCUT2D eigenvalue weighted by atomic mass is 32.2. The number of methoxy groups -OCH3 is 1. The number of aryl methyl sites for hydroxylation is 1. The summed E-state index contributed by atoms with van der Waals surface area (Å²) in [4.78, 5) is 34.5. The van der Waals surface area contributed by atoms with E-state index in [2.05, 4.69) is 17.1 Å². The number of furan rings is 1. The molecule has 0 amide bonds. The second-order valence-corrected chi connectivity index (χ2v) is 8.81. The van der Waals surface area contributed by atoms with Gasteiger partial charge in [-0.2, -0.15) is 4.98 Å². The molecule has 172 valence electrons. The molecule has 0 aliphatic rings. The van der Waals surface area contributed by atoms with Crippen LogP contribution < -0.4 is 5.56 Å². The Kier molecular flexibility index (Phi) is 6.93. The highest BCUT2D eigenvalue weighted by Crippen LogP contribution is 2.33. The van der Waals surface area contributed by atoms with E-state index in [1.54, 1.807) is 41.2 Å². The smallest absolute Gasteiger partial charge is 0.337 e. The lowest BCUT2D eigenvalue weighted by molar-refractivity contribution is 0.0601. The van der Waals surface area contributed by atoms with Crippen molar-refractivity contribution in [1.82, 2.24) is 19.7 Å². The summed E-state index contributed by atoms with van der Waals surface area (Å²) in [5.74, 6) is 1.26. The first-order valence-electron chi connectivity index (χ1n) is 10.6. The van der Waals surface area contributed by atoms with Crippen LogP contribution in [0.3, 0.4) is 0 Å². The maximum atomic E-state index is 13.4. The van der Waals surface area contributed by atoms with Gasteiger partial charge in [-0.05, 0) is 43.7 Å². The third kappa shape index (κ3) is 5.00. The molecule has 3 heterocycles. The van der Waals surface area contributed by atoms with Gasteiger partial charge in [-0.25, -0.2) is 9.78 Å². The number of benzene rings is 1. The Hall–Kier alpha value is -3.40. The zero-order valence-corrected chi connectivity index (χ0v) is 19.4. The van der Waals surface area contributed by atoms with Crippen LogP contribution in [-0.4, -0.2) is 32.8 Å². The number of ether oxygens (including phenoxy) is 1. The van der Waals surface area contributed by atoms with Gasteiger partial charge in [-0.1, -0.05) is 30.3 Å². The van der Waals surface area contributed by atoms with Crippen molar-refractivity contribution in [3.63, 3.8) is 0 Å². The van der Waals surface area contributed by atoms with Crippen LogP contribution in [0.25, 0.3) is 10.9 Å². The molecule has 0 saturated heterocycles.